The molecular formula is C15H16N4O4S2. The van der Waals surface area contributed by atoms with E-state index in [1.54, 1.807) is 19.1 Å². The molecule has 2 amide bonds. The van der Waals surface area contributed by atoms with E-state index in [4.69, 9.17) is 4.74 Å². The number of hydrogen-bond acceptors (Lipinski definition) is 8. The number of anilines is 2. The van der Waals surface area contributed by atoms with Crippen molar-refractivity contribution in [3.63, 3.8) is 0 Å². The van der Waals surface area contributed by atoms with E-state index in [0.29, 0.717) is 15.2 Å². The number of esters is 1. The van der Waals surface area contributed by atoms with E-state index in [1.807, 2.05) is 18.2 Å². The van der Waals surface area contributed by atoms with E-state index in [1.165, 1.54) is 0 Å². The number of carbonyl (C=O) groups is 3. The fraction of sp³-hybridized carbons (Fsp3) is 0.267. The molecule has 0 bridgehead atoms. The van der Waals surface area contributed by atoms with Crippen molar-refractivity contribution in [2.24, 2.45) is 0 Å². The highest BCUT2D eigenvalue weighted by Crippen LogP contribution is 2.25. The zero-order chi connectivity index (χ0) is 18.1. The lowest BCUT2D eigenvalue weighted by molar-refractivity contribution is -0.145. The number of rotatable bonds is 8. The van der Waals surface area contributed by atoms with E-state index < -0.39 is 12.0 Å². The second-order valence-corrected chi connectivity index (χ2v) is 6.83. The lowest BCUT2D eigenvalue weighted by Crippen LogP contribution is -2.19. The first-order valence-electron chi connectivity index (χ1n) is 7.33. The van der Waals surface area contributed by atoms with Crippen LogP contribution in [-0.2, 0) is 14.3 Å². The maximum absolute atomic E-state index is 11.8. The van der Waals surface area contributed by atoms with Crippen LogP contribution in [0.15, 0.2) is 34.7 Å². The van der Waals surface area contributed by atoms with Crippen LogP contribution in [0, 0.1) is 0 Å². The molecule has 0 spiro atoms. The Hall–Kier alpha value is -2.46. The number of aromatic nitrogens is 2. The van der Waals surface area contributed by atoms with E-state index in [9.17, 15) is 14.4 Å². The third-order valence-corrected chi connectivity index (χ3v) is 4.69. The van der Waals surface area contributed by atoms with Gasteiger partial charge in [-0.05, 0) is 19.1 Å². The maximum Gasteiger partial charge on any atom is 0.325 e. The molecule has 0 saturated carbocycles. The summed E-state index contributed by atoms with van der Waals surface area (Å²) in [5.41, 5.74) is 0.656. The number of amides is 2. The Balaban J connectivity index is 1.77. The Bertz CT molecular complexity index is 736. The van der Waals surface area contributed by atoms with Crippen molar-refractivity contribution in [3.8, 4) is 0 Å². The number of hydrogen-bond donors (Lipinski definition) is 2. The van der Waals surface area contributed by atoms with Crippen LogP contribution in [0.2, 0.25) is 0 Å². The second-order valence-electron chi connectivity index (χ2n) is 4.63. The molecule has 0 aliphatic heterocycles. The third-order valence-electron chi connectivity index (χ3n) is 2.66. The summed E-state index contributed by atoms with van der Waals surface area (Å²) < 4.78 is 5.23. The van der Waals surface area contributed by atoms with Crippen molar-refractivity contribution in [2.45, 2.75) is 17.7 Å². The summed E-state index contributed by atoms with van der Waals surface area (Å²) in [4.78, 5) is 34.7. The molecule has 0 aliphatic rings. The highest BCUT2D eigenvalue weighted by molar-refractivity contribution is 8.01. The van der Waals surface area contributed by atoms with Gasteiger partial charge < -0.3 is 10.1 Å². The molecule has 8 nitrogen and oxygen atoms in total. The average Bonchev–Trinajstić information content (AvgIpc) is 3.01. The molecule has 0 atom stereocenters. The van der Waals surface area contributed by atoms with E-state index in [-0.39, 0.29) is 24.6 Å². The maximum atomic E-state index is 11.8. The molecule has 0 fully saturated rings. The number of carbonyl (C=O) groups excluding carboxylic acids is 3. The lowest BCUT2D eigenvalue weighted by atomic mass is 10.3. The van der Waals surface area contributed by atoms with Gasteiger partial charge in [-0.1, -0.05) is 41.3 Å². The number of Topliss-reactive ketones (excluding diaryl/α,β-unsaturated/α-hetero) is 1. The molecular weight excluding hydrogens is 364 g/mol. The van der Waals surface area contributed by atoms with Crippen LogP contribution in [0.25, 0.3) is 0 Å². The number of urea groups is 1. The molecule has 1 aromatic heterocycles. The number of para-hydroxylation sites is 1. The molecule has 132 valence electrons. The molecule has 1 aromatic carbocycles. The van der Waals surface area contributed by atoms with E-state index in [0.717, 1.165) is 23.1 Å². The van der Waals surface area contributed by atoms with Gasteiger partial charge in [-0.25, -0.2) is 4.79 Å². The van der Waals surface area contributed by atoms with Crippen LogP contribution in [-0.4, -0.2) is 40.3 Å². The Morgan fingerprint density at radius 3 is 2.64 bits per heavy atom. The van der Waals surface area contributed by atoms with Gasteiger partial charge in [0, 0.05) is 5.69 Å². The predicted octanol–water partition coefficient (Wildman–Crippen LogP) is 2.80. The largest absolute Gasteiger partial charge is 0.466 e. The van der Waals surface area contributed by atoms with Crippen LogP contribution >= 0.6 is 23.1 Å². The topological polar surface area (TPSA) is 110 Å². The molecule has 2 rings (SSSR count). The number of benzene rings is 1. The highest BCUT2D eigenvalue weighted by atomic mass is 32.2. The number of ether oxygens (including phenoxy) is 1. The van der Waals surface area contributed by atoms with Crippen LogP contribution in [0.1, 0.15) is 13.3 Å². The van der Waals surface area contributed by atoms with Crippen LogP contribution in [0.4, 0.5) is 15.6 Å². The molecule has 0 saturated heterocycles. The second kappa shape index (κ2) is 9.74. The van der Waals surface area contributed by atoms with Gasteiger partial charge in [-0.3, -0.25) is 14.9 Å². The van der Waals surface area contributed by atoms with Crippen molar-refractivity contribution in [1.29, 1.82) is 0 Å². The first kappa shape index (κ1) is 18.9. The summed E-state index contributed by atoms with van der Waals surface area (Å²) in [7, 11) is 0. The molecule has 0 radical (unpaired) electrons. The minimum Gasteiger partial charge on any atom is -0.466 e. The SMILES string of the molecule is CCOC(=O)CC(=O)CSc1nnc(NC(=O)Nc2ccccc2)s1. The molecule has 25 heavy (non-hydrogen) atoms. The third kappa shape index (κ3) is 6.89. The Morgan fingerprint density at radius 1 is 1.16 bits per heavy atom. The fourth-order valence-corrected chi connectivity index (χ4v) is 3.27. The molecule has 0 aliphatic carbocycles. The number of nitrogens with one attached hydrogen (secondary N) is 2. The Kier molecular flexibility index (Phi) is 7.36. The zero-order valence-corrected chi connectivity index (χ0v) is 15.0. The zero-order valence-electron chi connectivity index (χ0n) is 13.4. The molecule has 2 aromatic rings. The Labute approximate surface area is 152 Å². The molecule has 0 unspecified atom stereocenters. The summed E-state index contributed by atoms with van der Waals surface area (Å²) in [6, 6.07) is 8.55. The van der Waals surface area contributed by atoms with Crippen LogP contribution in [0.3, 0.4) is 0 Å². The summed E-state index contributed by atoms with van der Waals surface area (Å²) in [5.74, 6) is -0.704. The summed E-state index contributed by atoms with van der Waals surface area (Å²) >= 11 is 2.30. The van der Waals surface area contributed by atoms with Gasteiger partial charge in [0.2, 0.25) is 5.13 Å². The van der Waals surface area contributed by atoms with Gasteiger partial charge in [0.1, 0.15) is 6.42 Å². The van der Waals surface area contributed by atoms with Crippen molar-refractivity contribution in [1.82, 2.24) is 10.2 Å². The minimum atomic E-state index is -0.537. The van der Waals surface area contributed by atoms with Crippen LogP contribution < -0.4 is 10.6 Å². The molecule has 1 heterocycles. The quantitative estimate of drug-likeness (QED) is 0.313. The first-order valence-corrected chi connectivity index (χ1v) is 9.13. The van der Waals surface area contributed by atoms with Gasteiger partial charge in [-0.2, -0.15) is 0 Å². The van der Waals surface area contributed by atoms with Crippen molar-refractivity contribution in [2.75, 3.05) is 23.0 Å². The standard InChI is InChI=1S/C15H16N4O4S2/c1-2-23-12(21)8-11(20)9-24-15-19-18-14(25-15)17-13(22)16-10-6-4-3-5-7-10/h3-7H,2,8-9H2,1H3,(H2,16,17,18,22). The van der Waals surface area contributed by atoms with E-state index in [2.05, 4.69) is 20.8 Å². The summed E-state index contributed by atoms with van der Waals surface area (Å²) in [6.45, 7) is 1.93. The van der Waals surface area contributed by atoms with Gasteiger partial charge >= 0.3 is 12.0 Å². The van der Waals surface area contributed by atoms with Gasteiger partial charge in [0.05, 0.1) is 12.4 Å². The van der Waals surface area contributed by atoms with Gasteiger partial charge in [0.25, 0.3) is 0 Å². The van der Waals surface area contributed by atoms with Gasteiger partial charge in [0.15, 0.2) is 10.1 Å². The Morgan fingerprint density at radius 2 is 1.92 bits per heavy atom. The molecule has 2 N–H and O–H groups in total. The monoisotopic (exact) mass is 380 g/mol. The average molecular weight is 380 g/mol. The van der Waals surface area contributed by atoms with Crippen LogP contribution in [0.5, 0.6) is 0 Å². The van der Waals surface area contributed by atoms with Crippen molar-refractivity contribution >= 4 is 51.7 Å². The smallest absolute Gasteiger partial charge is 0.325 e. The normalized spacial score (nSPS) is 10.1. The number of ketones is 1. The number of nitrogens with zero attached hydrogens (tertiary/aromatic N) is 2. The summed E-state index contributed by atoms with van der Waals surface area (Å²) in [6.07, 6.45) is -0.260. The fourth-order valence-electron chi connectivity index (χ4n) is 1.67. The van der Waals surface area contributed by atoms with Crippen molar-refractivity contribution < 1.29 is 19.1 Å². The van der Waals surface area contributed by atoms with Gasteiger partial charge in [-0.15, -0.1) is 10.2 Å². The number of thioether (sulfide) groups is 1. The molecule has 10 heteroatoms. The van der Waals surface area contributed by atoms with E-state index >= 15 is 0 Å². The highest BCUT2D eigenvalue weighted by Gasteiger charge is 2.13. The summed E-state index contributed by atoms with van der Waals surface area (Å²) in [5, 5.41) is 13.3. The minimum absolute atomic E-state index is 0.0870. The first-order chi connectivity index (χ1) is 12.1. The van der Waals surface area contributed by atoms with Crippen molar-refractivity contribution in [3.05, 3.63) is 30.3 Å². The lowest BCUT2D eigenvalue weighted by Gasteiger charge is -2.03. The predicted molar refractivity (Wildman–Crippen MR) is 96.0 cm³/mol.